The molecule has 54 heavy (non-hydrogen) atoms. The third-order valence-corrected chi connectivity index (χ3v) is 12.1. The summed E-state index contributed by atoms with van der Waals surface area (Å²) in [5, 5.41) is 6.77. The van der Waals surface area contributed by atoms with Crippen LogP contribution in [-0.2, 0) is 16.0 Å². The Morgan fingerprint density at radius 3 is 2.28 bits per heavy atom. The number of hydrogen-bond donors (Lipinski definition) is 2. The fourth-order valence-corrected chi connectivity index (χ4v) is 8.95. The second-order valence-electron chi connectivity index (χ2n) is 15.8. The number of nitrogens with one attached hydrogen (secondary N) is 2. The highest BCUT2D eigenvalue weighted by molar-refractivity contribution is 6.01. The molecule has 4 aliphatic rings. The van der Waals surface area contributed by atoms with Crippen LogP contribution in [0.4, 0.5) is 17.3 Å². The zero-order chi connectivity index (χ0) is 37.2. The molecular formula is C42H53N9O3. The lowest BCUT2D eigenvalue weighted by Crippen LogP contribution is -2.53. The lowest BCUT2D eigenvalue weighted by atomic mass is 9.90. The number of aromatic nitrogens is 3. The molecule has 3 saturated heterocycles. The largest absolute Gasteiger partial charge is 0.369 e. The average molecular weight is 732 g/mol. The average Bonchev–Trinajstić information content (AvgIpc) is 3.86. The number of amides is 3. The number of carbonyl (C=O) groups is 3. The van der Waals surface area contributed by atoms with E-state index in [1.807, 2.05) is 12.3 Å². The van der Waals surface area contributed by atoms with Gasteiger partial charge in [-0.25, -0.2) is 4.98 Å². The van der Waals surface area contributed by atoms with Crippen LogP contribution in [0.25, 0.3) is 11.0 Å². The van der Waals surface area contributed by atoms with Crippen LogP contribution in [0.15, 0.2) is 60.8 Å². The third-order valence-electron chi connectivity index (χ3n) is 12.1. The van der Waals surface area contributed by atoms with Crippen molar-refractivity contribution < 1.29 is 14.4 Å². The van der Waals surface area contributed by atoms with Crippen LogP contribution < -0.4 is 15.5 Å². The van der Waals surface area contributed by atoms with Gasteiger partial charge < -0.3 is 24.6 Å². The minimum atomic E-state index is -0.221. The van der Waals surface area contributed by atoms with Gasteiger partial charge in [0.05, 0.1) is 5.92 Å². The summed E-state index contributed by atoms with van der Waals surface area (Å²) in [4.78, 5) is 55.8. The molecule has 2 aromatic heterocycles. The van der Waals surface area contributed by atoms with Gasteiger partial charge in [0.2, 0.25) is 17.8 Å². The number of likely N-dealkylation sites (tertiary alicyclic amines) is 1. The standard InChI is InChI=1S/C42H53N9O3/c1-47(2)41(54)37-27-31-28-43-42(46-39(31)51(37)35-5-3-4-6-35)44-32-11-13-33(14-12-32)49-23-25-50(26-24-49)34-18-21-48(22-19-34)20-17-29-7-9-30(10-8-29)36-15-16-38(52)45-40(36)53/h7-14,27-28,34-36H,3-6,15-26H2,1-2H3,(H,43,44,46)(H,45,52,53). The van der Waals surface area contributed by atoms with Crippen LogP contribution in [0, 0.1) is 0 Å². The number of carbonyl (C=O) groups excluding carboxylic acids is 3. The topological polar surface area (TPSA) is 119 Å². The number of nitrogens with zero attached hydrogens (tertiary/aromatic N) is 7. The monoisotopic (exact) mass is 731 g/mol. The number of benzene rings is 2. The molecule has 5 heterocycles. The number of hydrogen-bond acceptors (Lipinski definition) is 9. The van der Waals surface area contributed by atoms with Crippen LogP contribution in [0.5, 0.6) is 0 Å². The number of anilines is 3. The van der Waals surface area contributed by atoms with E-state index in [1.165, 1.54) is 36.9 Å². The van der Waals surface area contributed by atoms with Crippen molar-refractivity contribution in [3.05, 3.63) is 77.6 Å². The second-order valence-corrected chi connectivity index (χ2v) is 15.8. The molecule has 0 spiro atoms. The molecule has 1 unspecified atom stereocenters. The molecule has 12 nitrogen and oxygen atoms in total. The highest BCUT2D eigenvalue weighted by atomic mass is 16.2. The quantitative estimate of drug-likeness (QED) is 0.209. The summed E-state index contributed by atoms with van der Waals surface area (Å²) in [5.41, 5.74) is 5.97. The Morgan fingerprint density at radius 1 is 0.870 bits per heavy atom. The molecule has 1 saturated carbocycles. The van der Waals surface area contributed by atoms with Crippen LogP contribution in [0.1, 0.15) is 84.9 Å². The zero-order valence-corrected chi connectivity index (χ0v) is 31.7. The van der Waals surface area contributed by atoms with E-state index in [2.05, 4.69) is 83.4 Å². The van der Waals surface area contributed by atoms with E-state index in [0.29, 0.717) is 30.5 Å². The first-order chi connectivity index (χ1) is 26.3. The minimum absolute atomic E-state index is 0.00237. The van der Waals surface area contributed by atoms with E-state index in [0.717, 1.165) is 87.4 Å². The van der Waals surface area contributed by atoms with Gasteiger partial charge in [-0.15, -0.1) is 0 Å². The molecule has 4 fully saturated rings. The first-order valence-corrected chi connectivity index (χ1v) is 19.9. The predicted molar refractivity (Wildman–Crippen MR) is 211 cm³/mol. The van der Waals surface area contributed by atoms with Gasteiger partial charge in [0, 0.05) is 88.3 Å². The minimum Gasteiger partial charge on any atom is -0.369 e. The van der Waals surface area contributed by atoms with Crippen molar-refractivity contribution in [3.63, 3.8) is 0 Å². The highest BCUT2D eigenvalue weighted by Crippen LogP contribution is 2.35. The molecule has 8 rings (SSSR count). The summed E-state index contributed by atoms with van der Waals surface area (Å²) >= 11 is 0. The van der Waals surface area contributed by atoms with Crippen LogP contribution in [0.3, 0.4) is 0 Å². The van der Waals surface area contributed by atoms with Gasteiger partial charge in [-0.05, 0) is 93.1 Å². The predicted octanol–water partition coefficient (Wildman–Crippen LogP) is 5.34. The van der Waals surface area contributed by atoms with Gasteiger partial charge in [0.25, 0.3) is 5.91 Å². The molecule has 12 heteroatoms. The molecule has 3 amide bonds. The molecule has 1 aliphatic carbocycles. The van der Waals surface area contributed by atoms with E-state index in [1.54, 1.807) is 19.0 Å². The van der Waals surface area contributed by atoms with Gasteiger partial charge in [0.1, 0.15) is 11.3 Å². The SMILES string of the molecule is CN(C)C(=O)c1cc2cnc(Nc3ccc(N4CCN(C5CCN(CCc6ccc(C7CCC(=O)NC7=O)cc6)CC5)CC4)cc3)nc2n1C1CCCC1. The van der Waals surface area contributed by atoms with Crippen LogP contribution >= 0.6 is 0 Å². The highest BCUT2D eigenvalue weighted by Gasteiger charge is 2.30. The molecule has 3 aliphatic heterocycles. The number of rotatable bonds is 10. The van der Waals surface area contributed by atoms with E-state index in [9.17, 15) is 14.4 Å². The first kappa shape index (κ1) is 36.2. The Morgan fingerprint density at radius 2 is 1.59 bits per heavy atom. The van der Waals surface area contributed by atoms with Crippen molar-refractivity contribution in [2.75, 3.05) is 70.1 Å². The summed E-state index contributed by atoms with van der Waals surface area (Å²) in [6.45, 7) is 7.52. The zero-order valence-electron chi connectivity index (χ0n) is 31.7. The van der Waals surface area contributed by atoms with Crippen LogP contribution in [-0.4, -0.2) is 113 Å². The molecule has 2 aromatic carbocycles. The fourth-order valence-electron chi connectivity index (χ4n) is 8.95. The summed E-state index contributed by atoms with van der Waals surface area (Å²) < 4.78 is 2.15. The van der Waals surface area contributed by atoms with E-state index in [-0.39, 0.29) is 29.7 Å². The van der Waals surface area contributed by atoms with Crippen molar-refractivity contribution >= 4 is 46.1 Å². The second kappa shape index (κ2) is 15.9. The molecular weight excluding hydrogens is 679 g/mol. The van der Waals surface area contributed by atoms with Gasteiger partial charge in [0.15, 0.2) is 0 Å². The van der Waals surface area contributed by atoms with Crippen molar-refractivity contribution in [1.29, 1.82) is 0 Å². The molecule has 4 aromatic rings. The Balaban J connectivity index is 0.799. The van der Waals surface area contributed by atoms with Gasteiger partial charge in [-0.3, -0.25) is 24.6 Å². The molecule has 1 atom stereocenters. The molecule has 2 N–H and O–H groups in total. The lowest BCUT2D eigenvalue weighted by molar-refractivity contribution is -0.134. The first-order valence-electron chi connectivity index (χ1n) is 19.9. The normalized spacial score (nSPS) is 20.8. The van der Waals surface area contributed by atoms with Crippen molar-refractivity contribution in [3.8, 4) is 0 Å². The smallest absolute Gasteiger partial charge is 0.270 e. The molecule has 0 radical (unpaired) electrons. The molecule has 284 valence electrons. The van der Waals surface area contributed by atoms with Crippen molar-refractivity contribution in [2.45, 2.75) is 75.8 Å². The Kier molecular flexibility index (Phi) is 10.6. The molecule has 0 bridgehead atoms. The summed E-state index contributed by atoms with van der Waals surface area (Å²) in [5.74, 6) is -0.0265. The van der Waals surface area contributed by atoms with Gasteiger partial charge in [-0.2, -0.15) is 4.98 Å². The van der Waals surface area contributed by atoms with Crippen molar-refractivity contribution in [1.82, 2.24) is 34.6 Å². The van der Waals surface area contributed by atoms with Gasteiger partial charge in [-0.1, -0.05) is 37.1 Å². The van der Waals surface area contributed by atoms with Crippen molar-refractivity contribution in [2.24, 2.45) is 0 Å². The number of piperazine rings is 1. The summed E-state index contributed by atoms with van der Waals surface area (Å²) in [7, 11) is 3.59. The Bertz CT molecular complexity index is 1950. The summed E-state index contributed by atoms with van der Waals surface area (Å²) in [6, 6.07) is 19.9. The van der Waals surface area contributed by atoms with E-state index in [4.69, 9.17) is 4.98 Å². The fraction of sp³-hybridized carbons (Fsp3) is 0.500. The number of imide groups is 1. The summed E-state index contributed by atoms with van der Waals surface area (Å²) in [6.07, 6.45) is 10.7. The number of fused-ring (bicyclic) bond motifs is 1. The maximum absolute atomic E-state index is 13.1. The maximum atomic E-state index is 13.1. The maximum Gasteiger partial charge on any atom is 0.270 e. The van der Waals surface area contributed by atoms with E-state index < -0.39 is 0 Å². The number of piperidine rings is 2. The van der Waals surface area contributed by atoms with Crippen LogP contribution in [0.2, 0.25) is 0 Å². The lowest BCUT2D eigenvalue weighted by Gasteiger charge is -2.43. The van der Waals surface area contributed by atoms with E-state index >= 15 is 0 Å². The van der Waals surface area contributed by atoms with Gasteiger partial charge >= 0.3 is 0 Å². The Labute approximate surface area is 317 Å². The third kappa shape index (κ3) is 7.86. The Hall–Kier alpha value is -4.81.